The fourth-order valence-corrected chi connectivity index (χ4v) is 6.10. The topological polar surface area (TPSA) is 86.8 Å². The van der Waals surface area contributed by atoms with Crippen molar-refractivity contribution in [2.24, 2.45) is 0 Å². The Bertz CT molecular complexity index is 1360. The quantitative estimate of drug-likeness (QED) is 0.307. The van der Waals surface area contributed by atoms with Gasteiger partial charge in [0.25, 0.3) is 10.0 Å². The SMILES string of the molecule is CC[C@@H](C)NC(=O)[C@@H](CC)N(CCc1ccccc1)C(=O)CN(c1cc(C)cc(C)c1)S(=O)(=O)c1ccccc1. The van der Waals surface area contributed by atoms with Gasteiger partial charge in [0.2, 0.25) is 11.8 Å². The average Bonchev–Trinajstić information content (AvgIpc) is 2.94. The van der Waals surface area contributed by atoms with Crippen LogP contribution in [-0.4, -0.2) is 50.3 Å². The van der Waals surface area contributed by atoms with Gasteiger partial charge in [-0.05, 0) is 81.0 Å². The molecule has 0 aliphatic rings. The van der Waals surface area contributed by atoms with Crippen molar-refractivity contribution in [1.82, 2.24) is 10.2 Å². The maximum absolute atomic E-state index is 14.1. The summed E-state index contributed by atoms with van der Waals surface area (Å²) in [5.41, 5.74) is 3.21. The van der Waals surface area contributed by atoms with Gasteiger partial charge in [0.1, 0.15) is 12.6 Å². The first kappa shape index (κ1) is 30.9. The van der Waals surface area contributed by atoms with Gasteiger partial charge in [-0.15, -0.1) is 0 Å². The molecule has 0 spiro atoms. The number of sulfonamides is 1. The fraction of sp³-hybridized carbons (Fsp3) is 0.375. The zero-order chi connectivity index (χ0) is 29.3. The largest absolute Gasteiger partial charge is 0.352 e. The van der Waals surface area contributed by atoms with Crippen LogP contribution in [0.4, 0.5) is 5.69 Å². The Kier molecular flexibility index (Phi) is 10.9. The molecule has 0 saturated carbocycles. The van der Waals surface area contributed by atoms with E-state index in [2.05, 4.69) is 5.32 Å². The molecular weight excluding hydrogens is 522 g/mol. The minimum atomic E-state index is -4.07. The molecule has 1 N–H and O–H groups in total. The van der Waals surface area contributed by atoms with Gasteiger partial charge in [-0.25, -0.2) is 8.42 Å². The number of benzene rings is 3. The number of carbonyl (C=O) groups is 2. The molecule has 0 radical (unpaired) electrons. The Hall–Kier alpha value is -3.65. The smallest absolute Gasteiger partial charge is 0.264 e. The Morgan fingerprint density at radius 1 is 0.850 bits per heavy atom. The molecule has 0 saturated heterocycles. The minimum Gasteiger partial charge on any atom is -0.352 e. The molecule has 2 atom stereocenters. The number of amides is 2. The van der Waals surface area contributed by atoms with Gasteiger partial charge in [0, 0.05) is 12.6 Å². The summed E-state index contributed by atoms with van der Waals surface area (Å²) < 4.78 is 29.0. The third kappa shape index (κ3) is 7.94. The summed E-state index contributed by atoms with van der Waals surface area (Å²) >= 11 is 0. The van der Waals surface area contributed by atoms with Gasteiger partial charge < -0.3 is 10.2 Å². The summed E-state index contributed by atoms with van der Waals surface area (Å²) in [6.07, 6.45) is 1.70. The molecule has 0 unspecified atom stereocenters. The van der Waals surface area contributed by atoms with Crippen molar-refractivity contribution in [3.05, 3.63) is 95.6 Å². The summed E-state index contributed by atoms with van der Waals surface area (Å²) in [6.45, 7) is 9.42. The van der Waals surface area contributed by atoms with Crippen molar-refractivity contribution in [3.63, 3.8) is 0 Å². The van der Waals surface area contributed by atoms with Gasteiger partial charge in [0.05, 0.1) is 10.6 Å². The lowest BCUT2D eigenvalue weighted by Gasteiger charge is -2.34. The van der Waals surface area contributed by atoms with Gasteiger partial charge in [0.15, 0.2) is 0 Å². The third-order valence-electron chi connectivity index (χ3n) is 6.98. The lowest BCUT2D eigenvalue weighted by molar-refractivity contribution is -0.139. The fourth-order valence-electron chi connectivity index (χ4n) is 4.68. The molecule has 0 aliphatic heterocycles. The van der Waals surface area contributed by atoms with Crippen molar-refractivity contribution in [1.29, 1.82) is 0 Å². The van der Waals surface area contributed by atoms with E-state index in [1.54, 1.807) is 35.2 Å². The first-order chi connectivity index (χ1) is 19.1. The molecular formula is C32H41N3O4S. The van der Waals surface area contributed by atoms with Crippen LogP contribution < -0.4 is 9.62 Å². The minimum absolute atomic E-state index is 0.0437. The van der Waals surface area contributed by atoms with E-state index in [1.165, 1.54) is 16.4 Å². The molecule has 0 fully saturated rings. The van der Waals surface area contributed by atoms with E-state index in [-0.39, 0.29) is 23.4 Å². The number of aryl methyl sites for hydroxylation is 2. The number of rotatable bonds is 13. The zero-order valence-corrected chi connectivity index (χ0v) is 24.9. The van der Waals surface area contributed by atoms with Crippen LogP contribution in [0, 0.1) is 13.8 Å². The number of anilines is 1. The highest BCUT2D eigenvalue weighted by Crippen LogP contribution is 2.26. The van der Waals surface area contributed by atoms with Crippen molar-refractivity contribution in [3.8, 4) is 0 Å². The van der Waals surface area contributed by atoms with Crippen LogP contribution in [0.15, 0.2) is 83.8 Å². The highest BCUT2D eigenvalue weighted by molar-refractivity contribution is 7.92. The van der Waals surface area contributed by atoms with Gasteiger partial charge in [-0.2, -0.15) is 0 Å². The highest BCUT2D eigenvalue weighted by atomic mass is 32.2. The number of hydrogen-bond donors (Lipinski definition) is 1. The van der Waals surface area contributed by atoms with E-state index in [1.807, 2.05) is 71.0 Å². The molecule has 8 heteroatoms. The molecule has 3 aromatic carbocycles. The second-order valence-electron chi connectivity index (χ2n) is 10.2. The summed E-state index contributed by atoms with van der Waals surface area (Å²) in [5.74, 6) is -0.664. The number of nitrogens with one attached hydrogen (secondary N) is 1. The lowest BCUT2D eigenvalue weighted by atomic mass is 10.1. The monoisotopic (exact) mass is 563 g/mol. The molecule has 2 amide bonds. The first-order valence-corrected chi connectivity index (χ1v) is 15.3. The number of nitrogens with zero attached hydrogens (tertiary/aromatic N) is 2. The van der Waals surface area contributed by atoms with Crippen LogP contribution in [0.5, 0.6) is 0 Å². The molecule has 40 heavy (non-hydrogen) atoms. The zero-order valence-electron chi connectivity index (χ0n) is 24.1. The average molecular weight is 564 g/mol. The van der Waals surface area contributed by atoms with E-state index in [4.69, 9.17) is 0 Å². The van der Waals surface area contributed by atoms with Crippen LogP contribution in [0.2, 0.25) is 0 Å². The van der Waals surface area contributed by atoms with Crippen LogP contribution in [0.3, 0.4) is 0 Å². The van der Waals surface area contributed by atoms with Crippen LogP contribution in [0.25, 0.3) is 0 Å². The standard InChI is InChI=1S/C32H41N3O4S/c1-6-26(5)33-32(37)30(7-2)34(19-18-27-14-10-8-11-15-27)31(36)23-35(28-21-24(3)20-25(4)22-28)40(38,39)29-16-12-9-13-17-29/h8-17,20-22,26,30H,6-7,18-19,23H2,1-5H3,(H,33,37)/t26-,30-/m1/s1. The van der Waals surface area contributed by atoms with E-state index < -0.39 is 28.5 Å². The van der Waals surface area contributed by atoms with Crippen molar-refractivity contribution < 1.29 is 18.0 Å². The van der Waals surface area contributed by atoms with Gasteiger partial charge in [-0.3, -0.25) is 13.9 Å². The Morgan fingerprint density at radius 3 is 1.98 bits per heavy atom. The molecule has 3 aromatic rings. The molecule has 0 bridgehead atoms. The Labute approximate surface area is 239 Å². The van der Waals surface area contributed by atoms with Gasteiger partial charge >= 0.3 is 0 Å². The summed E-state index contributed by atoms with van der Waals surface area (Å²) in [6, 6.07) is 22.6. The van der Waals surface area contributed by atoms with E-state index in [0.29, 0.717) is 18.5 Å². The summed E-state index contributed by atoms with van der Waals surface area (Å²) in [5, 5.41) is 3.01. The number of hydrogen-bond acceptors (Lipinski definition) is 4. The van der Waals surface area contributed by atoms with Gasteiger partial charge in [-0.1, -0.05) is 68.4 Å². The maximum atomic E-state index is 14.1. The normalized spacial score (nSPS) is 12.8. The Morgan fingerprint density at radius 2 is 1.43 bits per heavy atom. The predicted octanol–water partition coefficient (Wildman–Crippen LogP) is 5.26. The maximum Gasteiger partial charge on any atom is 0.264 e. The third-order valence-corrected chi connectivity index (χ3v) is 8.76. The Balaban J connectivity index is 2.03. The number of carbonyl (C=O) groups excluding carboxylic acids is 2. The van der Waals surface area contributed by atoms with E-state index >= 15 is 0 Å². The predicted molar refractivity (Wildman–Crippen MR) is 161 cm³/mol. The van der Waals surface area contributed by atoms with Crippen molar-refractivity contribution in [2.45, 2.75) is 70.9 Å². The van der Waals surface area contributed by atoms with Crippen molar-refractivity contribution in [2.75, 3.05) is 17.4 Å². The lowest BCUT2D eigenvalue weighted by Crippen LogP contribution is -2.54. The first-order valence-electron chi connectivity index (χ1n) is 13.9. The molecule has 3 rings (SSSR count). The highest BCUT2D eigenvalue weighted by Gasteiger charge is 2.33. The van der Waals surface area contributed by atoms with Crippen LogP contribution in [-0.2, 0) is 26.0 Å². The second kappa shape index (κ2) is 14.1. The summed E-state index contributed by atoms with van der Waals surface area (Å²) in [7, 11) is -4.07. The molecule has 0 aromatic heterocycles. The molecule has 0 aliphatic carbocycles. The van der Waals surface area contributed by atoms with Crippen LogP contribution in [0.1, 0.15) is 50.3 Å². The molecule has 7 nitrogen and oxygen atoms in total. The van der Waals surface area contributed by atoms with Crippen molar-refractivity contribution >= 4 is 27.5 Å². The molecule has 214 valence electrons. The van der Waals surface area contributed by atoms with E-state index in [9.17, 15) is 18.0 Å². The summed E-state index contributed by atoms with van der Waals surface area (Å²) in [4.78, 5) is 29.1. The second-order valence-corrected chi connectivity index (χ2v) is 12.1. The molecule has 0 heterocycles. The van der Waals surface area contributed by atoms with E-state index in [0.717, 1.165) is 23.1 Å². The van der Waals surface area contributed by atoms with Crippen LogP contribution >= 0.6 is 0 Å².